The Morgan fingerprint density at radius 2 is 1.89 bits per heavy atom. The molecule has 0 aliphatic heterocycles. The fourth-order valence-corrected chi connectivity index (χ4v) is 4.77. The number of hydrogen-bond acceptors (Lipinski definition) is 5. The Morgan fingerprint density at radius 3 is 2.63 bits per heavy atom. The number of benzene rings is 1. The van der Waals surface area contributed by atoms with Gasteiger partial charge in [-0.3, -0.25) is 4.79 Å². The minimum absolute atomic E-state index is 0.463. The monoisotopic (exact) mass is 406 g/mol. The highest BCUT2D eigenvalue weighted by atomic mass is 32.2. The number of carboxylic acid groups (broad SMARTS) is 1. The van der Waals surface area contributed by atoms with Crippen LogP contribution in [-0.4, -0.2) is 27.7 Å². The number of carbonyl (C=O) groups is 2. The summed E-state index contributed by atoms with van der Waals surface area (Å²) in [4.78, 5) is 26.7. The summed E-state index contributed by atoms with van der Waals surface area (Å²) < 4.78 is 2.06. The van der Waals surface area contributed by atoms with E-state index in [1.54, 1.807) is 29.2 Å². The van der Waals surface area contributed by atoms with Gasteiger partial charge in [0.1, 0.15) is 0 Å². The summed E-state index contributed by atoms with van der Waals surface area (Å²) in [7, 11) is 0. The SMILES string of the molecule is CCCCCCCCCSc1nc2ccc(NC(=O)/C=C\C(=O)O)cc2s1. The number of carboxylic acids is 1. The first kappa shape index (κ1) is 21.4. The maximum Gasteiger partial charge on any atom is 0.328 e. The molecule has 1 amide bonds. The van der Waals surface area contributed by atoms with E-state index in [9.17, 15) is 9.59 Å². The van der Waals surface area contributed by atoms with Crippen molar-refractivity contribution in [1.82, 2.24) is 4.98 Å². The van der Waals surface area contributed by atoms with Gasteiger partial charge in [-0.05, 0) is 24.6 Å². The molecule has 1 heterocycles. The second kappa shape index (κ2) is 11.8. The number of aliphatic carboxylic acids is 1. The summed E-state index contributed by atoms with van der Waals surface area (Å²) >= 11 is 3.41. The van der Waals surface area contributed by atoms with Gasteiger partial charge < -0.3 is 10.4 Å². The zero-order valence-corrected chi connectivity index (χ0v) is 17.2. The average molecular weight is 407 g/mol. The van der Waals surface area contributed by atoms with Crippen LogP contribution < -0.4 is 5.32 Å². The van der Waals surface area contributed by atoms with E-state index >= 15 is 0 Å². The smallest absolute Gasteiger partial charge is 0.328 e. The minimum atomic E-state index is -1.15. The number of unbranched alkanes of at least 4 members (excludes halogenated alkanes) is 6. The molecule has 0 saturated carbocycles. The number of rotatable bonds is 12. The minimum Gasteiger partial charge on any atom is -0.478 e. The number of anilines is 1. The van der Waals surface area contributed by atoms with Crippen molar-refractivity contribution in [2.24, 2.45) is 0 Å². The lowest BCUT2D eigenvalue weighted by Gasteiger charge is -2.00. The van der Waals surface area contributed by atoms with Crippen LogP contribution in [-0.2, 0) is 9.59 Å². The Labute approximate surface area is 168 Å². The van der Waals surface area contributed by atoms with Crippen LogP contribution in [0.15, 0.2) is 34.7 Å². The number of hydrogen-bond donors (Lipinski definition) is 2. The molecule has 0 bridgehead atoms. The van der Waals surface area contributed by atoms with Crippen LogP contribution >= 0.6 is 23.1 Å². The largest absolute Gasteiger partial charge is 0.478 e. The Bertz CT molecular complexity index is 787. The Hall–Kier alpha value is -1.86. The molecule has 2 N–H and O–H groups in total. The first-order valence-electron chi connectivity index (χ1n) is 9.34. The van der Waals surface area contributed by atoms with Gasteiger partial charge in [0.2, 0.25) is 5.91 Å². The lowest BCUT2D eigenvalue weighted by molar-refractivity contribution is -0.131. The molecule has 7 heteroatoms. The summed E-state index contributed by atoms with van der Waals surface area (Å²) in [6, 6.07) is 5.52. The number of fused-ring (bicyclic) bond motifs is 1. The maximum atomic E-state index is 11.7. The van der Waals surface area contributed by atoms with Crippen LogP contribution in [0.1, 0.15) is 51.9 Å². The Morgan fingerprint density at radius 1 is 1.15 bits per heavy atom. The standard InChI is InChI=1S/C20H26N2O3S2/c1-2-3-4-5-6-7-8-13-26-20-22-16-10-9-15(14-17(16)27-20)21-18(23)11-12-19(24)25/h9-12,14H,2-8,13H2,1H3,(H,21,23)(H,24,25)/b12-11-. The molecule has 0 fully saturated rings. The van der Waals surface area contributed by atoms with Crippen molar-refractivity contribution in [2.75, 3.05) is 11.1 Å². The van der Waals surface area contributed by atoms with Crippen LogP contribution in [0.4, 0.5) is 5.69 Å². The lowest BCUT2D eigenvalue weighted by Crippen LogP contribution is -2.08. The van der Waals surface area contributed by atoms with E-state index < -0.39 is 11.9 Å². The van der Waals surface area contributed by atoms with Crippen molar-refractivity contribution in [2.45, 2.75) is 56.2 Å². The quantitative estimate of drug-likeness (QED) is 0.268. The molecule has 5 nitrogen and oxygen atoms in total. The molecule has 0 spiro atoms. The molecule has 0 aliphatic rings. The highest BCUT2D eigenvalue weighted by Crippen LogP contribution is 2.31. The van der Waals surface area contributed by atoms with Gasteiger partial charge >= 0.3 is 5.97 Å². The number of carbonyl (C=O) groups excluding carboxylic acids is 1. The van der Waals surface area contributed by atoms with Crippen LogP contribution in [0.5, 0.6) is 0 Å². The molecule has 1 aromatic heterocycles. The van der Waals surface area contributed by atoms with E-state index in [0.29, 0.717) is 5.69 Å². The summed E-state index contributed by atoms with van der Waals surface area (Å²) in [5.41, 5.74) is 1.55. The van der Waals surface area contributed by atoms with Crippen molar-refractivity contribution < 1.29 is 14.7 Å². The van der Waals surface area contributed by atoms with E-state index in [1.165, 1.54) is 44.9 Å². The second-order valence-electron chi connectivity index (χ2n) is 6.29. The third kappa shape index (κ3) is 8.13. The van der Waals surface area contributed by atoms with Crippen LogP contribution in [0.3, 0.4) is 0 Å². The van der Waals surface area contributed by atoms with E-state index in [-0.39, 0.29) is 0 Å². The van der Waals surface area contributed by atoms with Crippen molar-refractivity contribution >= 4 is 50.9 Å². The van der Waals surface area contributed by atoms with Gasteiger partial charge in [-0.25, -0.2) is 9.78 Å². The first-order valence-corrected chi connectivity index (χ1v) is 11.1. The third-order valence-electron chi connectivity index (χ3n) is 3.99. The van der Waals surface area contributed by atoms with Gasteiger partial charge in [-0.15, -0.1) is 11.3 Å². The molecular formula is C20H26N2O3S2. The van der Waals surface area contributed by atoms with Crippen molar-refractivity contribution in [3.8, 4) is 0 Å². The number of thioether (sulfide) groups is 1. The van der Waals surface area contributed by atoms with Gasteiger partial charge in [0.25, 0.3) is 0 Å². The molecule has 146 valence electrons. The molecule has 0 unspecified atom stereocenters. The van der Waals surface area contributed by atoms with E-state index in [0.717, 1.165) is 32.5 Å². The van der Waals surface area contributed by atoms with Crippen LogP contribution in [0.25, 0.3) is 10.2 Å². The van der Waals surface area contributed by atoms with E-state index in [4.69, 9.17) is 5.11 Å². The van der Waals surface area contributed by atoms with E-state index in [1.807, 2.05) is 12.1 Å². The fraction of sp³-hybridized carbons (Fsp3) is 0.450. The van der Waals surface area contributed by atoms with Gasteiger partial charge in [0, 0.05) is 23.6 Å². The highest BCUT2D eigenvalue weighted by molar-refractivity contribution is 8.01. The molecule has 0 radical (unpaired) electrons. The number of nitrogens with one attached hydrogen (secondary N) is 1. The molecule has 0 saturated heterocycles. The zero-order chi connectivity index (χ0) is 19.5. The second-order valence-corrected chi connectivity index (χ2v) is 8.67. The molecule has 0 atom stereocenters. The van der Waals surface area contributed by atoms with Gasteiger partial charge in [0.05, 0.1) is 10.2 Å². The number of aromatic nitrogens is 1. The van der Waals surface area contributed by atoms with Gasteiger partial charge in [-0.1, -0.05) is 57.2 Å². The summed E-state index contributed by atoms with van der Waals surface area (Å²) in [5, 5.41) is 11.2. The zero-order valence-electron chi connectivity index (χ0n) is 15.6. The topological polar surface area (TPSA) is 79.3 Å². The van der Waals surface area contributed by atoms with Crippen molar-refractivity contribution in [1.29, 1.82) is 0 Å². The average Bonchev–Trinajstić information content (AvgIpc) is 3.04. The Kier molecular flexibility index (Phi) is 9.35. The van der Waals surface area contributed by atoms with Crippen LogP contribution in [0, 0.1) is 0 Å². The molecule has 27 heavy (non-hydrogen) atoms. The van der Waals surface area contributed by atoms with Gasteiger partial charge in [0.15, 0.2) is 4.34 Å². The summed E-state index contributed by atoms with van der Waals surface area (Å²) in [6.45, 7) is 2.24. The normalized spacial score (nSPS) is 11.3. The predicted molar refractivity (Wildman–Crippen MR) is 114 cm³/mol. The molecule has 2 aromatic rings. The molecule has 0 aliphatic carbocycles. The van der Waals surface area contributed by atoms with E-state index in [2.05, 4.69) is 17.2 Å². The molecule has 2 rings (SSSR count). The molecule has 1 aromatic carbocycles. The lowest BCUT2D eigenvalue weighted by atomic mass is 10.1. The first-order chi connectivity index (χ1) is 13.1. The maximum absolute atomic E-state index is 11.7. The van der Waals surface area contributed by atoms with Crippen molar-refractivity contribution in [3.63, 3.8) is 0 Å². The molecular weight excluding hydrogens is 380 g/mol. The highest BCUT2D eigenvalue weighted by Gasteiger charge is 2.07. The summed E-state index contributed by atoms with van der Waals surface area (Å²) in [6.07, 6.45) is 11.0. The summed E-state index contributed by atoms with van der Waals surface area (Å²) in [5.74, 6) is -0.530. The number of thiazole rings is 1. The number of nitrogens with zero attached hydrogens (tertiary/aromatic N) is 1. The van der Waals surface area contributed by atoms with Crippen LogP contribution in [0.2, 0.25) is 0 Å². The van der Waals surface area contributed by atoms with Crippen molar-refractivity contribution in [3.05, 3.63) is 30.4 Å². The third-order valence-corrected chi connectivity index (χ3v) is 6.23. The predicted octanol–water partition coefficient (Wildman–Crippen LogP) is 5.72. The fourth-order valence-electron chi connectivity index (χ4n) is 2.59. The number of amides is 1. The Balaban J connectivity index is 1.79. The van der Waals surface area contributed by atoms with Gasteiger partial charge in [-0.2, -0.15) is 0 Å².